The fraction of sp³-hybridized carbons (Fsp3) is 0.556. The van der Waals surface area contributed by atoms with Gasteiger partial charge in [-0.15, -0.1) is 0 Å². The van der Waals surface area contributed by atoms with E-state index in [0.29, 0.717) is 37.2 Å². The number of amides is 2. The SMILES string of the molecule is CN(CCCOc1ccc(Cl)cc1)C(=O)[C@@H]1CC(=O)N(C2CC2)C1. The van der Waals surface area contributed by atoms with E-state index in [2.05, 4.69) is 0 Å². The molecule has 1 aromatic rings. The molecule has 130 valence electrons. The molecule has 1 aliphatic heterocycles. The van der Waals surface area contributed by atoms with Gasteiger partial charge in [0.2, 0.25) is 11.8 Å². The third-order valence-electron chi connectivity index (χ3n) is 4.59. The minimum atomic E-state index is -0.180. The summed E-state index contributed by atoms with van der Waals surface area (Å²) < 4.78 is 5.63. The number of carbonyl (C=O) groups excluding carboxylic acids is 2. The Bertz CT molecular complexity index is 601. The number of likely N-dealkylation sites (tertiary alicyclic amines) is 1. The minimum Gasteiger partial charge on any atom is -0.494 e. The van der Waals surface area contributed by atoms with Gasteiger partial charge in [0.15, 0.2) is 0 Å². The summed E-state index contributed by atoms with van der Waals surface area (Å²) in [6.07, 6.45) is 3.29. The lowest BCUT2D eigenvalue weighted by Gasteiger charge is -2.21. The van der Waals surface area contributed by atoms with E-state index >= 15 is 0 Å². The summed E-state index contributed by atoms with van der Waals surface area (Å²) in [5, 5.41) is 0.680. The van der Waals surface area contributed by atoms with Crippen LogP contribution in [0.1, 0.15) is 25.7 Å². The highest BCUT2D eigenvalue weighted by Gasteiger charge is 2.42. The fourth-order valence-corrected chi connectivity index (χ4v) is 3.21. The molecule has 0 bridgehead atoms. The molecule has 1 saturated carbocycles. The van der Waals surface area contributed by atoms with Crippen LogP contribution in [0.3, 0.4) is 0 Å². The zero-order chi connectivity index (χ0) is 17.1. The molecule has 2 amide bonds. The predicted molar refractivity (Wildman–Crippen MR) is 92.0 cm³/mol. The van der Waals surface area contributed by atoms with E-state index in [-0.39, 0.29) is 17.7 Å². The van der Waals surface area contributed by atoms with Crippen molar-refractivity contribution >= 4 is 23.4 Å². The van der Waals surface area contributed by atoms with Gasteiger partial charge in [-0.25, -0.2) is 0 Å². The molecule has 0 unspecified atom stereocenters. The van der Waals surface area contributed by atoms with Crippen molar-refractivity contribution in [3.63, 3.8) is 0 Å². The van der Waals surface area contributed by atoms with Crippen molar-refractivity contribution in [1.29, 1.82) is 0 Å². The normalized spacial score (nSPS) is 20.3. The van der Waals surface area contributed by atoms with Crippen LogP contribution in [0.5, 0.6) is 5.75 Å². The van der Waals surface area contributed by atoms with Crippen molar-refractivity contribution in [3.8, 4) is 5.75 Å². The lowest BCUT2D eigenvalue weighted by molar-refractivity contribution is -0.134. The first-order valence-electron chi connectivity index (χ1n) is 8.47. The lowest BCUT2D eigenvalue weighted by atomic mass is 10.1. The van der Waals surface area contributed by atoms with Crippen LogP contribution in [0.2, 0.25) is 5.02 Å². The molecule has 24 heavy (non-hydrogen) atoms. The second-order valence-electron chi connectivity index (χ2n) is 6.59. The topological polar surface area (TPSA) is 49.9 Å². The number of halogens is 1. The molecule has 0 radical (unpaired) electrons. The molecule has 6 heteroatoms. The van der Waals surface area contributed by atoms with Crippen molar-refractivity contribution in [2.45, 2.75) is 31.7 Å². The molecule has 3 rings (SSSR count). The van der Waals surface area contributed by atoms with E-state index in [4.69, 9.17) is 16.3 Å². The first-order chi connectivity index (χ1) is 11.5. The van der Waals surface area contributed by atoms with Gasteiger partial charge in [-0.1, -0.05) is 11.6 Å². The molecule has 0 N–H and O–H groups in total. The van der Waals surface area contributed by atoms with E-state index < -0.39 is 0 Å². The molecule has 0 spiro atoms. The molecule has 0 aromatic heterocycles. The maximum atomic E-state index is 12.5. The van der Waals surface area contributed by atoms with E-state index in [0.717, 1.165) is 25.0 Å². The zero-order valence-corrected chi connectivity index (χ0v) is 14.7. The second-order valence-corrected chi connectivity index (χ2v) is 7.03. The highest BCUT2D eigenvalue weighted by atomic mass is 35.5. The van der Waals surface area contributed by atoms with Gasteiger partial charge in [0, 0.05) is 37.6 Å². The molecule has 2 fully saturated rings. The number of ether oxygens (including phenoxy) is 1. The van der Waals surface area contributed by atoms with Crippen LogP contribution in [0.15, 0.2) is 24.3 Å². The summed E-state index contributed by atoms with van der Waals surface area (Å²) in [5.41, 5.74) is 0. The van der Waals surface area contributed by atoms with Crippen LogP contribution < -0.4 is 4.74 Å². The maximum Gasteiger partial charge on any atom is 0.227 e. The molecule has 5 nitrogen and oxygen atoms in total. The van der Waals surface area contributed by atoms with Crippen molar-refractivity contribution in [3.05, 3.63) is 29.3 Å². The Kier molecular flexibility index (Phi) is 5.29. The number of hydrogen-bond acceptors (Lipinski definition) is 3. The number of nitrogens with zero attached hydrogens (tertiary/aromatic N) is 2. The number of rotatable bonds is 7. The molecule has 1 atom stereocenters. The number of hydrogen-bond donors (Lipinski definition) is 0. The smallest absolute Gasteiger partial charge is 0.227 e. The van der Waals surface area contributed by atoms with Gasteiger partial charge < -0.3 is 14.5 Å². The Balaban J connectivity index is 1.38. The molecular weight excluding hydrogens is 328 g/mol. The Hall–Kier alpha value is -1.75. The third-order valence-corrected chi connectivity index (χ3v) is 4.84. The Labute approximate surface area is 147 Å². The number of benzene rings is 1. The molecule has 2 aliphatic rings. The highest BCUT2D eigenvalue weighted by molar-refractivity contribution is 6.30. The molecule has 1 saturated heterocycles. The highest BCUT2D eigenvalue weighted by Crippen LogP contribution is 2.33. The van der Waals surface area contributed by atoms with Gasteiger partial charge in [-0.05, 0) is 43.5 Å². The van der Waals surface area contributed by atoms with Gasteiger partial charge in [0.1, 0.15) is 5.75 Å². The Morgan fingerprint density at radius 1 is 1.33 bits per heavy atom. The first kappa shape index (κ1) is 17.1. The van der Waals surface area contributed by atoms with E-state index in [1.807, 2.05) is 17.0 Å². The molecule has 1 aromatic carbocycles. The Morgan fingerprint density at radius 2 is 2.04 bits per heavy atom. The largest absolute Gasteiger partial charge is 0.494 e. The predicted octanol–water partition coefficient (Wildman–Crippen LogP) is 2.58. The van der Waals surface area contributed by atoms with Crippen LogP contribution in [0, 0.1) is 5.92 Å². The summed E-state index contributed by atoms with van der Waals surface area (Å²) in [4.78, 5) is 28.0. The van der Waals surface area contributed by atoms with Gasteiger partial charge in [-0.3, -0.25) is 9.59 Å². The third kappa shape index (κ3) is 4.20. The van der Waals surface area contributed by atoms with Crippen molar-refractivity contribution in [2.24, 2.45) is 5.92 Å². The first-order valence-corrected chi connectivity index (χ1v) is 8.85. The van der Waals surface area contributed by atoms with Crippen LogP contribution in [0.25, 0.3) is 0 Å². The maximum absolute atomic E-state index is 12.5. The second kappa shape index (κ2) is 7.43. The summed E-state index contributed by atoms with van der Waals surface area (Å²) in [5.74, 6) is 0.795. The monoisotopic (exact) mass is 350 g/mol. The molecule has 1 heterocycles. The molecular formula is C18H23ClN2O3. The van der Waals surface area contributed by atoms with Gasteiger partial charge in [-0.2, -0.15) is 0 Å². The Morgan fingerprint density at radius 3 is 2.71 bits per heavy atom. The summed E-state index contributed by atoms with van der Waals surface area (Å²) in [6, 6.07) is 7.62. The van der Waals surface area contributed by atoms with Crippen molar-refractivity contribution < 1.29 is 14.3 Å². The quantitative estimate of drug-likeness (QED) is 0.710. The van der Waals surface area contributed by atoms with E-state index in [1.165, 1.54) is 0 Å². The lowest BCUT2D eigenvalue weighted by Crippen LogP contribution is -2.36. The van der Waals surface area contributed by atoms with E-state index in [9.17, 15) is 9.59 Å². The number of carbonyl (C=O) groups is 2. The molecule has 1 aliphatic carbocycles. The average Bonchev–Trinajstić information content (AvgIpc) is 3.34. The van der Waals surface area contributed by atoms with Gasteiger partial charge in [0.05, 0.1) is 12.5 Å². The fourth-order valence-electron chi connectivity index (χ4n) is 3.08. The summed E-state index contributed by atoms with van der Waals surface area (Å²) >= 11 is 5.83. The summed E-state index contributed by atoms with van der Waals surface area (Å²) in [7, 11) is 1.80. The zero-order valence-electron chi connectivity index (χ0n) is 13.9. The average molecular weight is 351 g/mol. The van der Waals surface area contributed by atoms with E-state index in [1.54, 1.807) is 24.1 Å². The van der Waals surface area contributed by atoms with Gasteiger partial charge in [0.25, 0.3) is 0 Å². The van der Waals surface area contributed by atoms with Crippen LogP contribution >= 0.6 is 11.6 Å². The van der Waals surface area contributed by atoms with Gasteiger partial charge >= 0.3 is 0 Å². The minimum absolute atomic E-state index is 0.0676. The van der Waals surface area contributed by atoms with Crippen LogP contribution in [-0.4, -0.2) is 54.4 Å². The van der Waals surface area contributed by atoms with Crippen molar-refractivity contribution in [2.75, 3.05) is 26.7 Å². The van der Waals surface area contributed by atoms with Crippen LogP contribution in [-0.2, 0) is 9.59 Å². The standard InChI is InChI=1S/C18H23ClN2O3/c1-20(9-2-10-24-16-7-3-14(19)4-8-16)18(23)13-11-17(22)21(12-13)15-5-6-15/h3-4,7-8,13,15H,2,5-6,9-12H2,1H3/t13-/m1/s1. The van der Waals surface area contributed by atoms with Crippen LogP contribution in [0.4, 0.5) is 0 Å². The van der Waals surface area contributed by atoms with Crippen molar-refractivity contribution in [1.82, 2.24) is 9.80 Å². The summed E-state index contributed by atoms with van der Waals surface area (Å²) in [6.45, 7) is 1.76.